The molecule has 1 aliphatic rings. The normalized spacial score (nSPS) is 17.2. The van der Waals surface area contributed by atoms with Gasteiger partial charge in [0.05, 0.1) is 16.1 Å². The third-order valence-corrected chi connectivity index (χ3v) is 5.38. The van der Waals surface area contributed by atoms with Gasteiger partial charge in [-0.25, -0.2) is 4.98 Å². The molecule has 1 aliphatic heterocycles. The Morgan fingerprint density at radius 1 is 1.16 bits per heavy atom. The van der Waals surface area contributed by atoms with Crippen LogP contribution in [-0.2, 0) is 16.1 Å². The van der Waals surface area contributed by atoms with E-state index in [2.05, 4.69) is 10.3 Å². The fourth-order valence-electron chi connectivity index (χ4n) is 2.97. The summed E-state index contributed by atoms with van der Waals surface area (Å²) in [6.07, 6.45) is 0.233. The van der Waals surface area contributed by atoms with Gasteiger partial charge in [0.25, 0.3) is 0 Å². The zero-order valence-corrected chi connectivity index (χ0v) is 14.3. The minimum Gasteiger partial charge on any atom is -0.352 e. The molecular weight excluding hydrogens is 334 g/mol. The second-order valence-electron chi connectivity index (χ2n) is 6.07. The minimum absolute atomic E-state index is 0.0427. The molecule has 25 heavy (non-hydrogen) atoms. The molecule has 4 rings (SSSR count). The van der Waals surface area contributed by atoms with Crippen LogP contribution in [0.25, 0.3) is 10.2 Å². The summed E-state index contributed by atoms with van der Waals surface area (Å²) in [5, 5.41) is 3.60. The number of fused-ring (bicyclic) bond motifs is 1. The fraction of sp³-hybridized carbons (Fsp3) is 0.211. The molecule has 2 aromatic carbocycles. The molecule has 1 saturated heterocycles. The van der Waals surface area contributed by atoms with Gasteiger partial charge in [-0.05, 0) is 17.7 Å². The zero-order valence-electron chi connectivity index (χ0n) is 13.5. The molecule has 1 N–H and O–H groups in total. The zero-order chi connectivity index (χ0) is 17.2. The van der Waals surface area contributed by atoms with Crippen molar-refractivity contribution in [1.82, 2.24) is 10.3 Å². The molecule has 5 nitrogen and oxygen atoms in total. The topological polar surface area (TPSA) is 62.3 Å². The van der Waals surface area contributed by atoms with E-state index in [1.54, 1.807) is 4.90 Å². The largest absolute Gasteiger partial charge is 0.352 e. The second kappa shape index (κ2) is 6.64. The lowest BCUT2D eigenvalue weighted by Crippen LogP contribution is -2.32. The van der Waals surface area contributed by atoms with Crippen molar-refractivity contribution in [2.45, 2.75) is 13.0 Å². The second-order valence-corrected chi connectivity index (χ2v) is 7.08. The van der Waals surface area contributed by atoms with Crippen LogP contribution in [-0.4, -0.2) is 23.3 Å². The van der Waals surface area contributed by atoms with E-state index in [9.17, 15) is 9.59 Å². The predicted octanol–water partition coefficient (Wildman–Crippen LogP) is 2.97. The Morgan fingerprint density at radius 2 is 1.92 bits per heavy atom. The van der Waals surface area contributed by atoms with Crippen LogP contribution in [0, 0.1) is 5.92 Å². The average Bonchev–Trinajstić information content (AvgIpc) is 3.23. The number of para-hydroxylation sites is 1. The van der Waals surface area contributed by atoms with Gasteiger partial charge in [-0.1, -0.05) is 53.8 Å². The van der Waals surface area contributed by atoms with Gasteiger partial charge in [0.15, 0.2) is 5.13 Å². The molecule has 2 heterocycles. The molecule has 1 atom stereocenters. The number of aromatic nitrogens is 1. The Labute approximate surface area is 149 Å². The Balaban J connectivity index is 1.43. The quantitative estimate of drug-likeness (QED) is 0.786. The van der Waals surface area contributed by atoms with Gasteiger partial charge in [0, 0.05) is 19.5 Å². The van der Waals surface area contributed by atoms with E-state index >= 15 is 0 Å². The van der Waals surface area contributed by atoms with Crippen LogP contribution in [0.1, 0.15) is 12.0 Å². The summed E-state index contributed by atoms with van der Waals surface area (Å²) in [4.78, 5) is 30.9. The molecule has 0 spiro atoms. The lowest BCUT2D eigenvalue weighted by Gasteiger charge is -2.13. The van der Waals surface area contributed by atoms with Crippen molar-refractivity contribution >= 4 is 38.5 Å². The van der Waals surface area contributed by atoms with Crippen molar-refractivity contribution in [2.24, 2.45) is 5.92 Å². The Hall–Kier alpha value is -2.73. The van der Waals surface area contributed by atoms with E-state index in [1.807, 2.05) is 54.6 Å². The van der Waals surface area contributed by atoms with E-state index < -0.39 is 0 Å². The molecule has 0 radical (unpaired) electrons. The van der Waals surface area contributed by atoms with E-state index in [1.165, 1.54) is 11.3 Å². The van der Waals surface area contributed by atoms with Gasteiger partial charge < -0.3 is 5.32 Å². The van der Waals surface area contributed by atoms with Crippen LogP contribution in [0.2, 0.25) is 0 Å². The highest BCUT2D eigenvalue weighted by Crippen LogP contribution is 2.32. The first-order valence-corrected chi connectivity index (χ1v) is 9.00. The van der Waals surface area contributed by atoms with Crippen LogP contribution >= 0.6 is 11.3 Å². The van der Waals surface area contributed by atoms with Gasteiger partial charge in [0.2, 0.25) is 11.8 Å². The highest BCUT2D eigenvalue weighted by molar-refractivity contribution is 7.22. The van der Waals surface area contributed by atoms with Crippen molar-refractivity contribution in [3.05, 3.63) is 60.2 Å². The number of hydrogen-bond acceptors (Lipinski definition) is 4. The Bertz CT molecular complexity index is 890. The van der Waals surface area contributed by atoms with Crippen LogP contribution in [0.15, 0.2) is 54.6 Å². The number of benzene rings is 2. The monoisotopic (exact) mass is 351 g/mol. The summed E-state index contributed by atoms with van der Waals surface area (Å²) in [6, 6.07) is 17.6. The third-order valence-electron chi connectivity index (χ3n) is 4.32. The van der Waals surface area contributed by atoms with Gasteiger partial charge >= 0.3 is 0 Å². The summed E-state index contributed by atoms with van der Waals surface area (Å²) in [5.41, 5.74) is 1.93. The third kappa shape index (κ3) is 3.25. The molecular formula is C19H17N3O2S. The number of hydrogen-bond donors (Lipinski definition) is 1. The summed E-state index contributed by atoms with van der Waals surface area (Å²) < 4.78 is 1.04. The van der Waals surface area contributed by atoms with Crippen LogP contribution in [0.3, 0.4) is 0 Å². The standard InChI is InChI=1S/C19H17N3O2S/c23-17-10-14(18(24)20-11-13-6-2-1-3-7-13)12-22(17)19-21-15-8-4-5-9-16(15)25-19/h1-9,14H,10-12H2,(H,20,24). The smallest absolute Gasteiger partial charge is 0.229 e. The molecule has 2 amide bonds. The number of nitrogens with one attached hydrogen (secondary N) is 1. The summed E-state index contributed by atoms with van der Waals surface area (Å²) in [6.45, 7) is 0.866. The van der Waals surface area contributed by atoms with E-state index in [4.69, 9.17) is 0 Å². The lowest BCUT2D eigenvalue weighted by atomic mass is 10.1. The lowest BCUT2D eigenvalue weighted by molar-refractivity contribution is -0.126. The summed E-state index contributed by atoms with van der Waals surface area (Å²) in [7, 11) is 0. The molecule has 1 unspecified atom stereocenters. The van der Waals surface area contributed by atoms with Crippen molar-refractivity contribution < 1.29 is 9.59 Å². The molecule has 0 aliphatic carbocycles. The van der Waals surface area contributed by atoms with Crippen molar-refractivity contribution in [1.29, 1.82) is 0 Å². The average molecular weight is 351 g/mol. The summed E-state index contributed by atoms with van der Waals surface area (Å²) >= 11 is 1.48. The Morgan fingerprint density at radius 3 is 2.72 bits per heavy atom. The van der Waals surface area contributed by atoms with Crippen molar-refractivity contribution in [3.63, 3.8) is 0 Å². The van der Waals surface area contributed by atoms with E-state index in [-0.39, 0.29) is 24.2 Å². The van der Waals surface area contributed by atoms with Gasteiger partial charge in [0.1, 0.15) is 0 Å². The first kappa shape index (κ1) is 15.8. The molecule has 0 saturated carbocycles. The first-order chi connectivity index (χ1) is 12.2. The Kier molecular flexibility index (Phi) is 4.19. The van der Waals surface area contributed by atoms with Crippen LogP contribution in [0.5, 0.6) is 0 Å². The maximum atomic E-state index is 12.4. The predicted molar refractivity (Wildman–Crippen MR) is 98.4 cm³/mol. The SMILES string of the molecule is O=C(NCc1ccccc1)C1CC(=O)N(c2nc3ccccc3s2)C1. The molecule has 6 heteroatoms. The van der Waals surface area contributed by atoms with Gasteiger partial charge in [-0.3, -0.25) is 14.5 Å². The number of anilines is 1. The van der Waals surface area contributed by atoms with E-state index in [0.29, 0.717) is 18.2 Å². The number of thiazole rings is 1. The highest BCUT2D eigenvalue weighted by atomic mass is 32.1. The van der Waals surface area contributed by atoms with E-state index in [0.717, 1.165) is 15.8 Å². The number of amides is 2. The van der Waals surface area contributed by atoms with Gasteiger partial charge in [-0.15, -0.1) is 0 Å². The molecule has 3 aromatic rings. The maximum Gasteiger partial charge on any atom is 0.229 e. The molecule has 0 bridgehead atoms. The minimum atomic E-state index is -0.330. The number of nitrogens with zero attached hydrogens (tertiary/aromatic N) is 2. The number of carbonyl (C=O) groups is 2. The molecule has 1 aromatic heterocycles. The maximum absolute atomic E-state index is 12.4. The van der Waals surface area contributed by atoms with Gasteiger partial charge in [-0.2, -0.15) is 0 Å². The first-order valence-electron chi connectivity index (χ1n) is 8.18. The molecule has 1 fully saturated rings. The fourth-order valence-corrected chi connectivity index (χ4v) is 3.97. The highest BCUT2D eigenvalue weighted by Gasteiger charge is 2.36. The number of carbonyl (C=O) groups excluding carboxylic acids is 2. The summed E-state index contributed by atoms with van der Waals surface area (Å²) in [5.74, 6) is -0.456. The van der Waals surface area contributed by atoms with Crippen molar-refractivity contribution in [2.75, 3.05) is 11.4 Å². The molecule has 126 valence electrons. The van der Waals surface area contributed by atoms with Crippen LogP contribution in [0.4, 0.5) is 5.13 Å². The van der Waals surface area contributed by atoms with Crippen molar-refractivity contribution in [3.8, 4) is 0 Å². The number of rotatable bonds is 4. The van der Waals surface area contributed by atoms with Crippen LogP contribution < -0.4 is 10.2 Å².